The normalized spacial score (nSPS) is 11.5. The zero-order valence-corrected chi connectivity index (χ0v) is 13.9. The second-order valence-electron chi connectivity index (χ2n) is 5.53. The van der Waals surface area contributed by atoms with Crippen LogP contribution in [0.3, 0.4) is 0 Å². The average molecular weight is 343 g/mol. The Morgan fingerprint density at radius 1 is 1.12 bits per heavy atom. The number of esters is 1. The maximum atomic E-state index is 13.5. The van der Waals surface area contributed by atoms with Crippen LogP contribution in [-0.4, -0.2) is 23.8 Å². The number of anilines is 1. The summed E-state index contributed by atoms with van der Waals surface area (Å²) >= 11 is 0. The average Bonchev–Trinajstić information content (AvgIpc) is 2.57. The monoisotopic (exact) mass is 343 g/mol. The molecule has 1 N–H and O–H groups in total. The number of Topliss-reactive ketones (excluding diaryl/α,β-unsaturated/α-hetero) is 1. The molecule has 0 bridgehead atoms. The van der Waals surface area contributed by atoms with Gasteiger partial charge in [0.2, 0.25) is 0 Å². The minimum absolute atomic E-state index is 0.125. The van der Waals surface area contributed by atoms with E-state index in [-0.39, 0.29) is 17.8 Å². The fourth-order valence-corrected chi connectivity index (χ4v) is 2.15. The lowest BCUT2D eigenvalue weighted by atomic mass is 10.1. The number of amides is 1. The predicted molar refractivity (Wildman–Crippen MR) is 90.7 cm³/mol. The van der Waals surface area contributed by atoms with Crippen molar-refractivity contribution in [2.45, 2.75) is 26.4 Å². The Bertz CT molecular complexity index is 804. The molecule has 2 aromatic carbocycles. The van der Waals surface area contributed by atoms with Gasteiger partial charge in [0.1, 0.15) is 5.82 Å². The predicted octanol–water partition coefficient (Wildman–Crippen LogP) is 3.14. The fourth-order valence-electron chi connectivity index (χ4n) is 2.15. The highest BCUT2D eigenvalue weighted by molar-refractivity contribution is 5.98. The molecular formula is C19H18FNO4. The lowest BCUT2D eigenvalue weighted by Crippen LogP contribution is -2.30. The first kappa shape index (κ1) is 18.3. The van der Waals surface area contributed by atoms with Gasteiger partial charge in [0, 0.05) is 11.3 Å². The third kappa shape index (κ3) is 5.24. The van der Waals surface area contributed by atoms with Gasteiger partial charge in [-0.2, -0.15) is 0 Å². The summed E-state index contributed by atoms with van der Waals surface area (Å²) in [7, 11) is 0. The molecule has 6 heteroatoms. The number of nitrogens with one attached hydrogen (secondary N) is 1. The highest BCUT2D eigenvalue weighted by Crippen LogP contribution is 2.13. The maximum absolute atomic E-state index is 13.5. The summed E-state index contributed by atoms with van der Waals surface area (Å²) in [6.07, 6.45) is -1.32. The number of carbonyl (C=O) groups is 3. The van der Waals surface area contributed by atoms with Crippen LogP contribution in [0.4, 0.5) is 10.1 Å². The Morgan fingerprint density at radius 2 is 1.84 bits per heavy atom. The molecule has 0 aromatic heterocycles. The van der Waals surface area contributed by atoms with Gasteiger partial charge in [-0.25, -0.2) is 4.39 Å². The molecule has 0 saturated carbocycles. The van der Waals surface area contributed by atoms with Crippen LogP contribution in [0.1, 0.15) is 29.8 Å². The largest absolute Gasteiger partial charge is 0.452 e. The standard InChI is InChI=1S/C19H18FNO4/c1-12(22)14-7-5-8-16(10-14)21-19(24)13(2)25-18(23)11-15-6-3-4-9-17(15)20/h3-10,13H,11H2,1-2H3,(H,21,24)/t13-/m1/s1. The molecule has 0 aliphatic heterocycles. The van der Waals surface area contributed by atoms with Crippen molar-refractivity contribution in [1.29, 1.82) is 0 Å². The molecule has 25 heavy (non-hydrogen) atoms. The van der Waals surface area contributed by atoms with E-state index < -0.39 is 23.8 Å². The lowest BCUT2D eigenvalue weighted by Gasteiger charge is -2.14. The smallest absolute Gasteiger partial charge is 0.311 e. The molecule has 1 atom stereocenters. The number of benzene rings is 2. The molecule has 0 unspecified atom stereocenters. The lowest BCUT2D eigenvalue weighted by molar-refractivity contribution is -0.152. The van der Waals surface area contributed by atoms with Gasteiger partial charge >= 0.3 is 5.97 Å². The van der Waals surface area contributed by atoms with Crippen LogP contribution in [0.15, 0.2) is 48.5 Å². The highest BCUT2D eigenvalue weighted by atomic mass is 19.1. The number of hydrogen-bond acceptors (Lipinski definition) is 4. The van der Waals surface area contributed by atoms with Crippen LogP contribution in [0.25, 0.3) is 0 Å². The Balaban J connectivity index is 1.94. The van der Waals surface area contributed by atoms with E-state index in [2.05, 4.69) is 5.32 Å². The van der Waals surface area contributed by atoms with Crippen LogP contribution in [0.2, 0.25) is 0 Å². The number of ether oxygens (including phenoxy) is 1. The minimum Gasteiger partial charge on any atom is -0.452 e. The SMILES string of the molecule is CC(=O)c1cccc(NC(=O)[C@@H](C)OC(=O)Cc2ccccc2F)c1. The van der Waals surface area contributed by atoms with Gasteiger partial charge < -0.3 is 10.1 Å². The fraction of sp³-hybridized carbons (Fsp3) is 0.211. The number of rotatable bonds is 6. The van der Waals surface area contributed by atoms with Gasteiger partial charge in [-0.15, -0.1) is 0 Å². The number of halogens is 1. The Labute approximate surface area is 144 Å². The van der Waals surface area contributed by atoms with Crippen LogP contribution in [0.5, 0.6) is 0 Å². The van der Waals surface area contributed by atoms with Crippen LogP contribution in [0, 0.1) is 5.82 Å². The topological polar surface area (TPSA) is 72.5 Å². The van der Waals surface area contributed by atoms with Crippen LogP contribution >= 0.6 is 0 Å². The Hall–Kier alpha value is -3.02. The molecule has 0 aliphatic carbocycles. The summed E-state index contributed by atoms with van der Waals surface area (Å²) in [6.45, 7) is 2.84. The van der Waals surface area contributed by atoms with Crippen molar-refractivity contribution in [3.05, 3.63) is 65.5 Å². The van der Waals surface area contributed by atoms with Crippen molar-refractivity contribution in [2.24, 2.45) is 0 Å². The summed E-state index contributed by atoms with van der Waals surface area (Å²) in [4.78, 5) is 35.3. The maximum Gasteiger partial charge on any atom is 0.311 e. The molecule has 0 saturated heterocycles. The molecule has 0 radical (unpaired) electrons. The van der Waals surface area contributed by atoms with E-state index in [0.29, 0.717) is 11.3 Å². The Morgan fingerprint density at radius 3 is 2.52 bits per heavy atom. The summed E-state index contributed by atoms with van der Waals surface area (Å²) in [5.74, 6) is -1.87. The van der Waals surface area contributed by atoms with Gasteiger partial charge in [0.25, 0.3) is 5.91 Å². The molecule has 2 rings (SSSR count). The third-order valence-corrected chi connectivity index (χ3v) is 3.51. The van der Waals surface area contributed by atoms with Gasteiger partial charge in [0.05, 0.1) is 6.42 Å². The van der Waals surface area contributed by atoms with Crippen molar-refractivity contribution in [3.8, 4) is 0 Å². The molecule has 5 nitrogen and oxygen atoms in total. The zero-order valence-electron chi connectivity index (χ0n) is 13.9. The van der Waals surface area contributed by atoms with E-state index in [1.807, 2.05) is 0 Å². The quantitative estimate of drug-likeness (QED) is 0.646. The molecule has 2 aromatic rings. The van der Waals surface area contributed by atoms with E-state index in [0.717, 1.165) is 0 Å². The molecule has 0 spiro atoms. The highest BCUT2D eigenvalue weighted by Gasteiger charge is 2.19. The summed E-state index contributed by atoms with van der Waals surface area (Å²) in [5, 5.41) is 2.58. The molecular weight excluding hydrogens is 325 g/mol. The van der Waals surface area contributed by atoms with Gasteiger partial charge in [-0.05, 0) is 37.6 Å². The molecule has 1 amide bonds. The summed E-state index contributed by atoms with van der Waals surface area (Å²) < 4.78 is 18.6. The number of carbonyl (C=O) groups excluding carboxylic acids is 3. The van der Waals surface area contributed by atoms with E-state index in [1.165, 1.54) is 38.1 Å². The van der Waals surface area contributed by atoms with E-state index in [4.69, 9.17) is 4.74 Å². The first-order chi connectivity index (χ1) is 11.9. The molecule has 130 valence electrons. The molecule has 0 fully saturated rings. The van der Waals surface area contributed by atoms with Gasteiger partial charge in [0.15, 0.2) is 11.9 Å². The van der Waals surface area contributed by atoms with Crippen LogP contribution in [-0.2, 0) is 20.7 Å². The Kier molecular flexibility index (Phi) is 6.00. The van der Waals surface area contributed by atoms with Crippen molar-refractivity contribution >= 4 is 23.3 Å². The summed E-state index contributed by atoms with van der Waals surface area (Å²) in [6, 6.07) is 12.3. The van der Waals surface area contributed by atoms with E-state index >= 15 is 0 Å². The van der Waals surface area contributed by atoms with E-state index in [9.17, 15) is 18.8 Å². The summed E-state index contributed by atoms with van der Waals surface area (Å²) in [5.41, 5.74) is 1.09. The van der Waals surface area contributed by atoms with E-state index in [1.54, 1.807) is 24.3 Å². The number of ketones is 1. The first-order valence-corrected chi connectivity index (χ1v) is 7.71. The van der Waals surface area contributed by atoms with Crippen LogP contribution < -0.4 is 5.32 Å². The van der Waals surface area contributed by atoms with Gasteiger partial charge in [-0.3, -0.25) is 14.4 Å². The van der Waals surface area contributed by atoms with Crippen molar-refractivity contribution in [3.63, 3.8) is 0 Å². The molecule has 0 aliphatic rings. The molecule has 0 heterocycles. The van der Waals surface area contributed by atoms with Crippen molar-refractivity contribution in [1.82, 2.24) is 0 Å². The van der Waals surface area contributed by atoms with Gasteiger partial charge in [-0.1, -0.05) is 30.3 Å². The van der Waals surface area contributed by atoms with Crippen molar-refractivity contribution in [2.75, 3.05) is 5.32 Å². The zero-order chi connectivity index (χ0) is 18.4. The number of hydrogen-bond donors (Lipinski definition) is 1. The third-order valence-electron chi connectivity index (χ3n) is 3.51. The second-order valence-corrected chi connectivity index (χ2v) is 5.53. The second kappa shape index (κ2) is 8.19. The first-order valence-electron chi connectivity index (χ1n) is 7.71. The van der Waals surface area contributed by atoms with Crippen molar-refractivity contribution < 1.29 is 23.5 Å². The minimum atomic E-state index is -1.06.